The maximum atomic E-state index is 6.13. The van der Waals surface area contributed by atoms with Crippen molar-refractivity contribution in [2.75, 3.05) is 0 Å². The number of hydrogen-bond donors (Lipinski definition) is 0. The molecule has 0 fully saturated rings. The van der Waals surface area contributed by atoms with Crippen molar-refractivity contribution in [3.63, 3.8) is 0 Å². The van der Waals surface area contributed by atoms with Gasteiger partial charge in [0.1, 0.15) is 17.2 Å². The summed E-state index contributed by atoms with van der Waals surface area (Å²) in [4.78, 5) is 0. The van der Waals surface area contributed by atoms with Gasteiger partial charge in [-0.2, -0.15) is 0 Å². The van der Waals surface area contributed by atoms with E-state index in [1.54, 1.807) is 0 Å². The van der Waals surface area contributed by atoms with Crippen LogP contribution in [0.4, 0.5) is 0 Å². The summed E-state index contributed by atoms with van der Waals surface area (Å²) in [7, 11) is -0.980. The number of aryl methyl sites for hydroxylation is 1. The molecule has 0 N–H and O–H groups in total. The fraction of sp³-hybridized carbons (Fsp3) is 0.0370. The van der Waals surface area contributed by atoms with Gasteiger partial charge in [-0.3, -0.25) is 0 Å². The summed E-state index contributed by atoms with van der Waals surface area (Å²) < 4.78 is 18.1. The maximum Gasteiger partial charge on any atom is 0.864 e. The van der Waals surface area contributed by atoms with Crippen LogP contribution in [0.2, 0.25) is 0 Å². The van der Waals surface area contributed by atoms with Crippen LogP contribution in [0.15, 0.2) is 109 Å². The Bertz CT molecular complexity index is 1140. The van der Waals surface area contributed by atoms with Crippen molar-refractivity contribution in [3.05, 3.63) is 126 Å². The largest absolute Gasteiger partial charge is 0.864 e. The average molecular weight is 404 g/mol. The molecule has 0 saturated heterocycles. The highest BCUT2D eigenvalue weighted by Gasteiger charge is 2.30. The second-order valence-corrected chi connectivity index (χ2v) is 6.83. The van der Waals surface area contributed by atoms with Crippen LogP contribution >= 0.6 is 0 Å². The first-order chi connectivity index (χ1) is 15.3. The van der Waals surface area contributed by atoms with Gasteiger partial charge in [0, 0.05) is 5.56 Å². The maximum absolute atomic E-state index is 6.13. The lowest BCUT2D eigenvalue weighted by atomic mass is 10.1. The molecular formula is C27H21BO3. The molecule has 0 saturated carbocycles. The van der Waals surface area contributed by atoms with E-state index in [0.29, 0.717) is 17.2 Å². The standard InChI is InChI=1S/C27H21BO3/c1-22-12-8-9-13-23(22)20-21-24-14-10-11-19-27(24)31-28(29-25-15-4-2-5-16-25)30-26-17-6-3-7-18-26/h2-19H,1H3. The van der Waals surface area contributed by atoms with Crippen LogP contribution in [0.25, 0.3) is 0 Å². The fourth-order valence-corrected chi connectivity index (χ4v) is 2.92. The summed E-state index contributed by atoms with van der Waals surface area (Å²) in [5.41, 5.74) is 2.87. The quantitative estimate of drug-likeness (QED) is 0.295. The third-order valence-corrected chi connectivity index (χ3v) is 4.54. The minimum atomic E-state index is -0.980. The SMILES string of the molecule is Cc1ccccc1C#Cc1ccccc1OB(Oc1ccccc1)Oc1ccccc1. The second-order valence-electron chi connectivity index (χ2n) is 6.83. The molecule has 4 aromatic carbocycles. The Kier molecular flexibility index (Phi) is 6.57. The summed E-state index contributed by atoms with van der Waals surface area (Å²) in [5, 5.41) is 0. The summed E-state index contributed by atoms with van der Waals surface area (Å²) in [6.45, 7) is 2.05. The fourth-order valence-electron chi connectivity index (χ4n) is 2.92. The van der Waals surface area contributed by atoms with Gasteiger partial charge in [0.15, 0.2) is 0 Å². The van der Waals surface area contributed by atoms with Crippen LogP contribution in [0.1, 0.15) is 16.7 Å². The van der Waals surface area contributed by atoms with Gasteiger partial charge in [0.05, 0.1) is 5.56 Å². The minimum absolute atomic E-state index is 0.584. The molecule has 3 nitrogen and oxygen atoms in total. The van der Waals surface area contributed by atoms with E-state index in [1.807, 2.05) is 116 Å². The molecule has 0 spiro atoms. The van der Waals surface area contributed by atoms with E-state index in [9.17, 15) is 0 Å². The van der Waals surface area contributed by atoms with E-state index < -0.39 is 7.32 Å². The van der Waals surface area contributed by atoms with Crippen molar-refractivity contribution in [3.8, 4) is 29.1 Å². The molecule has 4 rings (SSSR count). The number of para-hydroxylation sites is 3. The molecule has 0 aliphatic rings. The molecule has 0 atom stereocenters. The Morgan fingerprint density at radius 1 is 0.516 bits per heavy atom. The van der Waals surface area contributed by atoms with Gasteiger partial charge in [-0.05, 0) is 55.0 Å². The molecule has 150 valence electrons. The summed E-state index contributed by atoms with van der Waals surface area (Å²) >= 11 is 0. The Hall–Kier alpha value is -4.10. The van der Waals surface area contributed by atoms with Crippen molar-refractivity contribution < 1.29 is 14.0 Å². The first-order valence-corrected chi connectivity index (χ1v) is 10.0. The highest BCUT2D eigenvalue weighted by Crippen LogP contribution is 2.21. The van der Waals surface area contributed by atoms with Crippen LogP contribution in [0.5, 0.6) is 17.2 Å². The van der Waals surface area contributed by atoms with Gasteiger partial charge in [0.2, 0.25) is 0 Å². The molecule has 0 bridgehead atoms. The monoisotopic (exact) mass is 404 g/mol. The van der Waals surface area contributed by atoms with E-state index in [0.717, 1.165) is 16.7 Å². The smallest absolute Gasteiger partial charge is 0.490 e. The minimum Gasteiger partial charge on any atom is -0.490 e. The number of hydrogen-bond acceptors (Lipinski definition) is 3. The molecule has 0 aliphatic carbocycles. The molecule has 0 radical (unpaired) electrons. The lowest BCUT2D eigenvalue weighted by Gasteiger charge is -2.17. The predicted octanol–water partition coefficient (Wildman–Crippen LogP) is 5.92. The lowest BCUT2D eigenvalue weighted by molar-refractivity contribution is 0.307. The first kappa shape index (κ1) is 20.2. The normalized spacial score (nSPS) is 9.84. The molecule has 31 heavy (non-hydrogen) atoms. The first-order valence-electron chi connectivity index (χ1n) is 10.0. The van der Waals surface area contributed by atoms with Gasteiger partial charge in [-0.1, -0.05) is 78.6 Å². The Labute approximate surface area is 183 Å². The Morgan fingerprint density at radius 2 is 1.00 bits per heavy atom. The van der Waals surface area contributed by atoms with Crippen molar-refractivity contribution in [2.45, 2.75) is 6.92 Å². The van der Waals surface area contributed by atoms with Crippen LogP contribution in [0.3, 0.4) is 0 Å². The molecule has 0 unspecified atom stereocenters. The predicted molar refractivity (Wildman–Crippen MR) is 124 cm³/mol. The highest BCUT2D eigenvalue weighted by atomic mass is 16.7. The third kappa shape index (κ3) is 5.71. The lowest BCUT2D eigenvalue weighted by Crippen LogP contribution is -2.37. The van der Waals surface area contributed by atoms with E-state index in [2.05, 4.69) is 11.8 Å². The molecular weight excluding hydrogens is 383 g/mol. The third-order valence-electron chi connectivity index (χ3n) is 4.54. The van der Waals surface area contributed by atoms with Crippen LogP contribution in [-0.2, 0) is 0 Å². The topological polar surface area (TPSA) is 27.7 Å². The van der Waals surface area contributed by atoms with Gasteiger partial charge in [-0.15, -0.1) is 0 Å². The van der Waals surface area contributed by atoms with Crippen molar-refractivity contribution in [2.24, 2.45) is 0 Å². The van der Waals surface area contributed by atoms with E-state index >= 15 is 0 Å². The molecule has 0 heterocycles. The van der Waals surface area contributed by atoms with Gasteiger partial charge in [-0.25, -0.2) is 0 Å². The van der Waals surface area contributed by atoms with Crippen molar-refractivity contribution in [1.82, 2.24) is 0 Å². The average Bonchev–Trinajstić information content (AvgIpc) is 2.81. The van der Waals surface area contributed by atoms with Crippen LogP contribution < -0.4 is 14.0 Å². The summed E-state index contributed by atoms with van der Waals surface area (Å²) in [5.74, 6) is 8.32. The molecule has 0 aromatic heterocycles. The van der Waals surface area contributed by atoms with Crippen molar-refractivity contribution in [1.29, 1.82) is 0 Å². The van der Waals surface area contributed by atoms with Crippen molar-refractivity contribution >= 4 is 7.32 Å². The van der Waals surface area contributed by atoms with E-state index in [-0.39, 0.29) is 0 Å². The highest BCUT2D eigenvalue weighted by molar-refractivity contribution is 6.39. The van der Waals surface area contributed by atoms with E-state index in [4.69, 9.17) is 14.0 Å². The van der Waals surface area contributed by atoms with Gasteiger partial charge in [0.25, 0.3) is 0 Å². The second kappa shape index (κ2) is 10.1. The summed E-state index contributed by atoms with van der Waals surface area (Å²) in [6.07, 6.45) is 0. The number of benzene rings is 4. The Morgan fingerprint density at radius 3 is 1.61 bits per heavy atom. The van der Waals surface area contributed by atoms with E-state index in [1.165, 1.54) is 0 Å². The molecule has 4 heteroatoms. The molecule has 4 aromatic rings. The van der Waals surface area contributed by atoms with Crippen LogP contribution in [0, 0.1) is 18.8 Å². The zero-order chi connectivity index (χ0) is 21.3. The zero-order valence-corrected chi connectivity index (χ0v) is 17.2. The molecule has 0 amide bonds. The molecule has 0 aliphatic heterocycles. The van der Waals surface area contributed by atoms with Gasteiger partial charge < -0.3 is 14.0 Å². The zero-order valence-electron chi connectivity index (χ0n) is 17.2. The number of rotatable bonds is 6. The van der Waals surface area contributed by atoms with Crippen LogP contribution in [-0.4, -0.2) is 7.32 Å². The Balaban J connectivity index is 1.60. The summed E-state index contributed by atoms with van der Waals surface area (Å²) in [6, 6.07) is 34.5. The van der Waals surface area contributed by atoms with Gasteiger partial charge >= 0.3 is 7.32 Å².